The first-order valence-corrected chi connectivity index (χ1v) is 8.54. The van der Waals surface area contributed by atoms with Crippen LogP contribution in [-0.4, -0.2) is 27.4 Å². The predicted octanol–water partition coefficient (Wildman–Crippen LogP) is 1.30. The molecular weight excluding hydrogens is 290 g/mol. The second-order valence-corrected chi connectivity index (χ2v) is 6.44. The fraction of sp³-hybridized carbons (Fsp3) is 0.500. The highest BCUT2D eigenvalue weighted by atomic mass is 32.2. The quantitative estimate of drug-likeness (QED) is 0.673. The Morgan fingerprint density at radius 1 is 1.29 bits per heavy atom. The molecule has 1 aromatic carbocycles. The van der Waals surface area contributed by atoms with Crippen LogP contribution in [0.2, 0.25) is 0 Å². The lowest BCUT2D eigenvalue weighted by molar-refractivity contribution is -0.119. The van der Waals surface area contributed by atoms with Crippen molar-refractivity contribution in [2.45, 2.75) is 31.6 Å². The van der Waals surface area contributed by atoms with Gasteiger partial charge < -0.3 is 11.1 Å². The minimum Gasteiger partial charge on any atom is -0.330 e. The van der Waals surface area contributed by atoms with Crippen LogP contribution in [0.5, 0.6) is 0 Å². The molecule has 0 aliphatic carbocycles. The summed E-state index contributed by atoms with van der Waals surface area (Å²) < 4.78 is 26.6. The van der Waals surface area contributed by atoms with E-state index < -0.39 is 10.0 Å². The molecule has 0 aromatic heterocycles. The zero-order valence-corrected chi connectivity index (χ0v) is 13.2. The number of rotatable bonds is 8. The van der Waals surface area contributed by atoms with Crippen LogP contribution in [0.3, 0.4) is 0 Å². The number of sulfonamides is 1. The van der Waals surface area contributed by atoms with Crippen molar-refractivity contribution < 1.29 is 13.2 Å². The van der Waals surface area contributed by atoms with Crippen molar-refractivity contribution in [3.8, 4) is 0 Å². The van der Waals surface area contributed by atoms with Crippen molar-refractivity contribution in [3.05, 3.63) is 24.3 Å². The van der Waals surface area contributed by atoms with E-state index in [4.69, 9.17) is 5.73 Å². The molecule has 7 heteroatoms. The molecule has 4 N–H and O–H groups in total. The largest absolute Gasteiger partial charge is 0.330 e. The van der Waals surface area contributed by atoms with Crippen LogP contribution >= 0.6 is 0 Å². The number of carbonyl (C=O) groups is 1. The van der Waals surface area contributed by atoms with E-state index in [-0.39, 0.29) is 35.5 Å². The smallest absolute Gasteiger partial charge is 0.242 e. The van der Waals surface area contributed by atoms with Crippen LogP contribution < -0.4 is 15.8 Å². The van der Waals surface area contributed by atoms with Crippen LogP contribution in [-0.2, 0) is 14.8 Å². The molecule has 0 heterocycles. The average molecular weight is 313 g/mol. The second kappa shape index (κ2) is 8.11. The Morgan fingerprint density at radius 3 is 2.52 bits per heavy atom. The first-order chi connectivity index (χ1) is 9.96. The zero-order valence-electron chi connectivity index (χ0n) is 12.4. The summed E-state index contributed by atoms with van der Waals surface area (Å²) in [5.41, 5.74) is 5.87. The first-order valence-electron chi connectivity index (χ1n) is 7.05. The maximum Gasteiger partial charge on any atom is 0.242 e. The number of nitrogens with two attached hydrogens (primary N) is 1. The van der Waals surface area contributed by atoms with Crippen molar-refractivity contribution >= 4 is 21.6 Å². The molecular formula is C14H23N3O3S. The molecule has 1 aromatic rings. The van der Waals surface area contributed by atoms with Crippen molar-refractivity contribution in [2.24, 2.45) is 11.7 Å². The maximum atomic E-state index is 12.2. The van der Waals surface area contributed by atoms with Gasteiger partial charge in [0.25, 0.3) is 0 Å². The van der Waals surface area contributed by atoms with Crippen molar-refractivity contribution in [2.75, 3.05) is 18.4 Å². The van der Waals surface area contributed by atoms with Gasteiger partial charge in [-0.1, -0.05) is 32.4 Å². The van der Waals surface area contributed by atoms with E-state index >= 15 is 0 Å². The van der Waals surface area contributed by atoms with Gasteiger partial charge in [0, 0.05) is 13.1 Å². The lowest BCUT2D eigenvalue weighted by Crippen LogP contribution is -2.30. The molecule has 0 fully saturated rings. The highest BCUT2D eigenvalue weighted by Gasteiger charge is 2.21. The number of hydrogen-bond donors (Lipinski definition) is 3. The number of para-hydroxylation sites is 1. The van der Waals surface area contributed by atoms with Crippen molar-refractivity contribution in [1.82, 2.24) is 4.72 Å². The molecule has 21 heavy (non-hydrogen) atoms. The SMILES string of the molecule is CCCC(CN)C(=O)Nc1ccccc1S(=O)(=O)NCC. The normalized spacial score (nSPS) is 12.9. The summed E-state index contributed by atoms with van der Waals surface area (Å²) >= 11 is 0. The first kappa shape index (κ1) is 17.6. The number of nitrogens with one attached hydrogen (secondary N) is 2. The summed E-state index contributed by atoms with van der Waals surface area (Å²) in [5, 5.41) is 2.67. The van der Waals surface area contributed by atoms with Gasteiger partial charge in [-0.15, -0.1) is 0 Å². The Kier molecular flexibility index (Phi) is 6.80. The lowest BCUT2D eigenvalue weighted by atomic mass is 10.0. The molecule has 6 nitrogen and oxygen atoms in total. The molecule has 1 rings (SSSR count). The Hall–Kier alpha value is -1.44. The average Bonchev–Trinajstić information content (AvgIpc) is 2.45. The third-order valence-corrected chi connectivity index (χ3v) is 4.66. The Labute approximate surface area is 126 Å². The molecule has 0 aliphatic heterocycles. The standard InChI is InChI=1S/C14H23N3O3S/c1-3-7-11(10-15)14(18)17-12-8-5-6-9-13(12)21(19,20)16-4-2/h5-6,8-9,11,16H,3-4,7,10,15H2,1-2H3,(H,17,18). The van der Waals surface area contributed by atoms with Crippen molar-refractivity contribution in [3.63, 3.8) is 0 Å². The monoisotopic (exact) mass is 313 g/mol. The number of hydrogen-bond acceptors (Lipinski definition) is 4. The van der Waals surface area contributed by atoms with Gasteiger partial charge in [0.15, 0.2) is 0 Å². The molecule has 0 radical (unpaired) electrons. The summed E-state index contributed by atoms with van der Waals surface area (Å²) in [5.74, 6) is -0.566. The Morgan fingerprint density at radius 2 is 1.95 bits per heavy atom. The number of amides is 1. The van der Waals surface area contributed by atoms with E-state index in [2.05, 4.69) is 10.0 Å². The van der Waals surface area contributed by atoms with Gasteiger partial charge >= 0.3 is 0 Å². The maximum absolute atomic E-state index is 12.2. The van der Waals surface area contributed by atoms with Gasteiger partial charge in [0.2, 0.25) is 15.9 Å². The fourth-order valence-corrected chi connectivity index (χ4v) is 3.21. The Balaban J connectivity index is 3.02. The van der Waals surface area contributed by atoms with Gasteiger partial charge in [-0.05, 0) is 18.6 Å². The van der Waals surface area contributed by atoms with Crippen molar-refractivity contribution in [1.29, 1.82) is 0 Å². The number of carbonyl (C=O) groups excluding carboxylic acids is 1. The fourth-order valence-electron chi connectivity index (χ4n) is 2.01. The molecule has 118 valence electrons. The van der Waals surface area contributed by atoms with Gasteiger partial charge in [-0.3, -0.25) is 4.79 Å². The summed E-state index contributed by atoms with van der Waals surface area (Å²) in [6, 6.07) is 6.33. The topological polar surface area (TPSA) is 101 Å². The zero-order chi connectivity index (χ0) is 15.9. The van der Waals surface area contributed by atoms with Gasteiger partial charge in [-0.2, -0.15) is 0 Å². The minimum absolute atomic E-state index is 0.0625. The molecule has 0 spiro atoms. The summed E-state index contributed by atoms with van der Waals surface area (Å²) in [6.45, 7) is 4.19. The van der Waals surface area contributed by atoms with Crippen LogP contribution in [0.15, 0.2) is 29.2 Å². The molecule has 0 aliphatic rings. The predicted molar refractivity (Wildman–Crippen MR) is 83.4 cm³/mol. The number of anilines is 1. The van der Waals surface area contributed by atoms with Gasteiger partial charge in [-0.25, -0.2) is 13.1 Å². The summed E-state index contributed by atoms with van der Waals surface area (Å²) in [6.07, 6.45) is 1.51. The number of benzene rings is 1. The van der Waals surface area contributed by atoms with E-state index in [1.807, 2.05) is 6.92 Å². The highest BCUT2D eigenvalue weighted by Crippen LogP contribution is 2.21. The van der Waals surface area contributed by atoms with E-state index in [9.17, 15) is 13.2 Å². The van der Waals surface area contributed by atoms with E-state index in [0.29, 0.717) is 6.42 Å². The van der Waals surface area contributed by atoms with E-state index in [1.54, 1.807) is 25.1 Å². The minimum atomic E-state index is -3.63. The van der Waals surface area contributed by atoms with Gasteiger partial charge in [0.1, 0.15) is 4.90 Å². The Bertz CT molecular complexity index is 573. The van der Waals surface area contributed by atoms with Crippen LogP contribution in [0.1, 0.15) is 26.7 Å². The third-order valence-electron chi connectivity index (χ3n) is 3.06. The van der Waals surface area contributed by atoms with Gasteiger partial charge in [0.05, 0.1) is 11.6 Å². The third kappa shape index (κ3) is 4.80. The van der Waals surface area contributed by atoms with E-state index in [0.717, 1.165) is 6.42 Å². The molecule has 0 bridgehead atoms. The molecule has 1 amide bonds. The van der Waals surface area contributed by atoms with Crippen LogP contribution in [0.25, 0.3) is 0 Å². The highest BCUT2D eigenvalue weighted by molar-refractivity contribution is 7.89. The molecule has 1 unspecified atom stereocenters. The second-order valence-electron chi connectivity index (χ2n) is 4.71. The molecule has 0 saturated carbocycles. The van der Waals surface area contributed by atoms with Crippen LogP contribution in [0, 0.1) is 5.92 Å². The lowest BCUT2D eigenvalue weighted by Gasteiger charge is -2.16. The summed E-state index contributed by atoms with van der Waals surface area (Å²) in [7, 11) is -3.63. The summed E-state index contributed by atoms with van der Waals surface area (Å²) in [4.78, 5) is 12.2. The van der Waals surface area contributed by atoms with Crippen LogP contribution in [0.4, 0.5) is 5.69 Å². The molecule has 1 atom stereocenters. The van der Waals surface area contributed by atoms with E-state index in [1.165, 1.54) is 6.07 Å². The molecule has 0 saturated heterocycles.